The Morgan fingerprint density at radius 2 is 2.23 bits per heavy atom. The summed E-state index contributed by atoms with van der Waals surface area (Å²) >= 11 is 5.47. The van der Waals surface area contributed by atoms with Crippen molar-refractivity contribution in [1.82, 2.24) is 4.98 Å². The summed E-state index contributed by atoms with van der Waals surface area (Å²) in [5.41, 5.74) is -0.637. The first kappa shape index (κ1) is 9.98. The Morgan fingerprint density at radius 1 is 1.62 bits per heavy atom. The zero-order valence-corrected chi connectivity index (χ0v) is 7.35. The summed E-state index contributed by atoms with van der Waals surface area (Å²) in [5, 5.41) is 8.84. The maximum atomic E-state index is 12.3. The van der Waals surface area contributed by atoms with Crippen LogP contribution < -0.4 is 4.74 Å². The van der Waals surface area contributed by atoms with Crippen molar-refractivity contribution in [2.24, 2.45) is 0 Å². The van der Waals surface area contributed by atoms with Gasteiger partial charge in [0.15, 0.2) is 10.9 Å². The standard InChI is InChI=1S/C7H6ClF2NO2/c1-13-5-4(7(9)10)3(12)2-11-6(5)8/h2,7,12H,1H3. The van der Waals surface area contributed by atoms with Gasteiger partial charge in [-0.3, -0.25) is 0 Å². The number of aromatic hydroxyl groups is 1. The third-order valence-electron chi connectivity index (χ3n) is 1.43. The quantitative estimate of drug-likeness (QED) is 0.761. The fourth-order valence-electron chi connectivity index (χ4n) is 0.878. The third kappa shape index (κ3) is 1.80. The molecule has 0 unspecified atom stereocenters. The Bertz CT molecular complexity index is 320. The molecule has 0 aliphatic carbocycles. The SMILES string of the molecule is COc1c(Cl)ncc(O)c1C(F)F. The smallest absolute Gasteiger partial charge is 0.271 e. The van der Waals surface area contributed by atoms with Gasteiger partial charge in [-0.2, -0.15) is 0 Å². The molecule has 0 saturated carbocycles. The number of methoxy groups -OCH3 is 1. The van der Waals surface area contributed by atoms with Crippen LogP contribution in [0.4, 0.5) is 8.78 Å². The van der Waals surface area contributed by atoms with E-state index in [4.69, 9.17) is 16.7 Å². The van der Waals surface area contributed by atoms with Gasteiger partial charge in [0.05, 0.1) is 13.3 Å². The van der Waals surface area contributed by atoms with Crippen LogP contribution in [-0.2, 0) is 0 Å². The van der Waals surface area contributed by atoms with Crippen LogP contribution in [0.5, 0.6) is 11.5 Å². The van der Waals surface area contributed by atoms with Crippen molar-refractivity contribution >= 4 is 11.6 Å². The van der Waals surface area contributed by atoms with E-state index in [-0.39, 0.29) is 10.9 Å². The van der Waals surface area contributed by atoms with E-state index < -0.39 is 17.7 Å². The Balaban J connectivity index is 3.35. The summed E-state index contributed by atoms with van der Waals surface area (Å²) in [5.74, 6) is -0.923. The summed E-state index contributed by atoms with van der Waals surface area (Å²) in [6.07, 6.45) is -2.00. The van der Waals surface area contributed by atoms with Gasteiger partial charge >= 0.3 is 0 Å². The van der Waals surface area contributed by atoms with Gasteiger partial charge in [0.25, 0.3) is 6.43 Å². The van der Waals surface area contributed by atoms with Gasteiger partial charge in [0, 0.05) is 0 Å². The fraction of sp³-hybridized carbons (Fsp3) is 0.286. The van der Waals surface area contributed by atoms with Crippen molar-refractivity contribution in [2.75, 3.05) is 7.11 Å². The lowest BCUT2D eigenvalue weighted by molar-refractivity contribution is 0.142. The molecule has 1 rings (SSSR count). The van der Waals surface area contributed by atoms with Crippen molar-refractivity contribution in [2.45, 2.75) is 6.43 Å². The van der Waals surface area contributed by atoms with Crippen molar-refractivity contribution in [3.05, 3.63) is 16.9 Å². The fourth-order valence-corrected chi connectivity index (χ4v) is 1.11. The number of alkyl halides is 2. The molecule has 1 aromatic heterocycles. The molecule has 0 aliphatic heterocycles. The zero-order valence-electron chi connectivity index (χ0n) is 6.59. The molecular weight excluding hydrogens is 204 g/mol. The van der Waals surface area contributed by atoms with Gasteiger partial charge in [-0.25, -0.2) is 13.8 Å². The van der Waals surface area contributed by atoms with Crippen molar-refractivity contribution < 1.29 is 18.6 Å². The average Bonchev–Trinajstić information content (AvgIpc) is 2.07. The Kier molecular flexibility index (Phi) is 2.87. The Labute approximate surface area is 77.9 Å². The second kappa shape index (κ2) is 3.74. The molecule has 72 valence electrons. The zero-order chi connectivity index (χ0) is 10.0. The molecule has 0 aliphatic rings. The number of pyridine rings is 1. The molecule has 3 nitrogen and oxygen atoms in total. The van der Waals surface area contributed by atoms with Crippen molar-refractivity contribution in [1.29, 1.82) is 0 Å². The molecule has 1 N–H and O–H groups in total. The topological polar surface area (TPSA) is 42.4 Å². The number of hydrogen-bond acceptors (Lipinski definition) is 3. The van der Waals surface area contributed by atoms with Crippen LogP contribution >= 0.6 is 11.6 Å². The predicted octanol–water partition coefficient (Wildman–Crippen LogP) is 2.39. The number of halogens is 3. The van der Waals surface area contributed by atoms with E-state index in [1.807, 2.05) is 0 Å². The Morgan fingerprint density at radius 3 is 2.62 bits per heavy atom. The maximum Gasteiger partial charge on any atom is 0.271 e. The van der Waals surface area contributed by atoms with Crippen LogP contribution in [0.3, 0.4) is 0 Å². The molecule has 13 heavy (non-hydrogen) atoms. The Hall–Kier alpha value is -1.10. The van der Waals surface area contributed by atoms with Gasteiger partial charge in [-0.15, -0.1) is 0 Å². The largest absolute Gasteiger partial charge is 0.506 e. The molecule has 1 heterocycles. The van der Waals surface area contributed by atoms with Gasteiger partial charge in [-0.05, 0) is 0 Å². The number of nitrogens with zero attached hydrogens (tertiary/aromatic N) is 1. The molecular formula is C7H6ClF2NO2. The predicted molar refractivity (Wildman–Crippen MR) is 42.4 cm³/mol. The first-order valence-corrected chi connectivity index (χ1v) is 3.65. The third-order valence-corrected chi connectivity index (χ3v) is 1.70. The average molecular weight is 210 g/mol. The van der Waals surface area contributed by atoms with E-state index in [9.17, 15) is 8.78 Å². The molecule has 0 amide bonds. The molecule has 0 atom stereocenters. The van der Waals surface area contributed by atoms with Crippen LogP contribution in [0, 0.1) is 0 Å². The van der Waals surface area contributed by atoms with Crippen molar-refractivity contribution in [3.8, 4) is 11.5 Å². The number of aromatic nitrogens is 1. The molecule has 6 heteroatoms. The highest BCUT2D eigenvalue weighted by Gasteiger charge is 2.22. The van der Waals surface area contributed by atoms with E-state index >= 15 is 0 Å². The summed E-state index contributed by atoms with van der Waals surface area (Å²) in [6, 6.07) is 0. The first-order chi connectivity index (χ1) is 6.07. The van der Waals surface area contributed by atoms with Gasteiger partial charge < -0.3 is 9.84 Å². The van der Waals surface area contributed by atoms with Crippen LogP contribution in [-0.4, -0.2) is 17.2 Å². The molecule has 0 saturated heterocycles. The highest BCUT2D eigenvalue weighted by Crippen LogP contribution is 2.39. The highest BCUT2D eigenvalue weighted by atomic mass is 35.5. The van der Waals surface area contributed by atoms with E-state index in [0.29, 0.717) is 0 Å². The second-order valence-electron chi connectivity index (χ2n) is 2.18. The van der Waals surface area contributed by atoms with E-state index in [1.165, 1.54) is 7.11 Å². The summed E-state index contributed by atoms with van der Waals surface area (Å²) < 4.78 is 29.2. The van der Waals surface area contributed by atoms with Gasteiger partial charge in [0.2, 0.25) is 0 Å². The number of hydrogen-bond donors (Lipinski definition) is 1. The van der Waals surface area contributed by atoms with Crippen molar-refractivity contribution in [3.63, 3.8) is 0 Å². The lowest BCUT2D eigenvalue weighted by Crippen LogP contribution is -1.95. The molecule has 0 fully saturated rings. The van der Waals surface area contributed by atoms with Gasteiger partial charge in [-0.1, -0.05) is 11.6 Å². The molecule has 0 spiro atoms. The van der Waals surface area contributed by atoms with Gasteiger partial charge in [0.1, 0.15) is 11.3 Å². The van der Waals surface area contributed by atoms with Crippen LogP contribution in [0.1, 0.15) is 12.0 Å². The summed E-state index contributed by atoms with van der Waals surface area (Å²) in [7, 11) is 1.17. The molecule has 0 aromatic carbocycles. The molecule has 0 radical (unpaired) electrons. The van der Waals surface area contributed by atoms with Crippen LogP contribution in [0.15, 0.2) is 6.20 Å². The molecule has 1 aromatic rings. The van der Waals surface area contributed by atoms with Crippen LogP contribution in [0.25, 0.3) is 0 Å². The molecule has 0 bridgehead atoms. The minimum absolute atomic E-state index is 0.199. The first-order valence-electron chi connectivity index (χ1n) is 3.27. The maximum absolute atomic E-state index is 12.3. The van der Waals surface area contributed by atoms with E-state index in [0.717, 1.165) is 6.20 Å². The summed E-state index contributed by atoms with van der Waals surface area (Å²) in [6.45, 7) is 0. The van der Waals surface area contributed by atoms with E-state index in [2.05, 4.69) is 9.72 Å². The summed E-state index contributed by atoms with van der Waals surface area (Å²) in [4.78, 5) is 3.45. The number of rotatable bonds is 2. The van der Waals surface area contributed by atoms with Crippen LogP contribution in [0.2, 0.25) is 5.15 Å². The minimum Gasteiger partial charge on any atom is -0.506 e. The lowest BCUT2D eigenvalue weighted by atomic mass is 10.2. The minimum atomic E-state index is -2.85. The normalized spacial score (nSPS) is 10.5. The highest BCUT2D eigenvalue weighted by molar-refractivity contribution is 6.31. The monoisotopic (exact) mass is 209 g/mol. The number of ether oxygens (including phenoxy) is 1. The second-order valence-corrected chi connectivity index (χ2v) is 2.54. The van der Waals surface area contributed by atoms with E-state index in [1.54, 1.807) is 0 Å². The lowest BCUT2D eigenvalue weighted by Gasteiger charge is -2.09.